The Labute approximate surface area is 161 Å². The molecule has 1 aromatic heterocycles. The number of nitrogens with one attached hydrogen (secondary N) is 1. The van der Waals surface area contributed by atoms with Crippen LogP contribution in [0.15, 0.2) is 24.3 Å². The van der Waals surface area contributed by atoms with Crippen LogP contribution in [0.3, 0.4) is 0 Å². The van der Waals surface area contributed by atoms with Gasteiger partial charge in [-0.15, -0.1) is 11.3 Å². The van der Waals surface area contributed by atoms with Crippen LogP contribution in [0.2, 0.25) is 0 Å². The highest BCUT2D eigenvalue weighted by Crippen LogP contribution is 2.38. The number of amides is 1. The highest BCUT2D eigenvalue weighted by Gasteiger charge is 2.26. The van der Waals surface area contributed by atoms with E-state index in [0.717, 1.165) is 36.1 Å². The zero-order valence-corrected chi connectivity index (χ0v) is 15.9. The third kappa shape index (κ3) is 4.66. The maximum atomic E-state index is 12.6. The van der Waals surface area contributed by atoms with Gasteiger partial charge in [0.2, 0.25) is 5.91 Å². The fourth-order valence-corrected chi connectivity index (χ4v) is 4.34. The van der Waals surface area contributed by atoms with Crippen molar-refractivity contribution < 1.29 is 19.1 Å². The van der Waals surface area contributed by atoms with Crippen molar-refractivity contribution in [3.05, 3.63) is 45.8 Å². The minimum atomic E-state index is -0.429. The molecule has 27 heavy (non-hydrogen) atoms. The molecule has 0 aliphatic heterocycles. The molecule has 0 spiro atoms. The average Bonchev–Trinajstić information content (AvgIpc) is 3.02. The van der Waals surface area contributed by atoms with Gasteiger partial charge in [-0.2, -0.15) is 5.26 Å². The van der Waals surface area contributed by atoms with Crippen molar-refractivity contribution >= 4 is 28.2 Å². The molecule has 2 aromatic rings. The number of esters is 1. The molecule has 140 valence electrons. The van der Waals surface area contributed by atoms with Crippen LogP contribution in [0.5, 0.6) is 5.75 Å². The number of ether oxygens (including phenoxy) is 2. The molecule has 0 atom stereocenters. The first kappa shape index (κ1) is 18.9. The van der Waals surface area contributed by atoms with E-state index in [2.05, 4.69) is 5.32 Å². The molecule has 6 nitrogen and oxygen atoms in total. The van der Waals surface area contributed by atoms with Gasteiger partial charge in [-0.05, 0) is 55.5 Å². The van der Waals surface area contributed by atoms with Crippen molar-refractivity contribution in [2.75, 3.05) is 18.5 Å². The van der Waals surface area contributed by atoms with Crippen LogP contribution in [0.25, 0.3) is 0 Å². The van der Waals surface area contributed by atoms with Crippen molar-refractivity contribution in [3.8, 4) is 11.8 Å². The minimum absolute atomic E-state index is 0.100. The van der Waals surface area contributed by atoms with Crippen LogP contribution in [-0.2, 0) is 22.4 Å². The summed E-state index contributed by atoms with van der Waals surface area (Å²) in [5, 5.41) is 12.1. The molecule has 1 N–H and O–H groups in total. The summed E-state index contributed by atoms with van der Waals surface area (Å²) in [5.74, 6) is -0.0229. The van der Waals surface area contributed by atoms with E-state index in [-0.39, 0.29) is 19.1 Å². The lowest BCUT2D eigenvalue weighted by Gasteiger charge is -2.13. The first-order valence-corrected chi connectivity index (χ1v) is 9.62. The van der Waals surface area contributed by atoms with E-state index in [9.17, 15) is 9.59 Å². The molecule has 0 radical (unpaired) electrons. The summed E-state index contributed by atoms with van der Waals surface area (Å²) in [7, 11) is 0. The Morgan fingerprint density at radius 3 is 2.63 bits per heavy atom. The van der Waals surface area contributed by atoms with E-state index in [1.54, 1.807) is 24.3 Å². The van der Waals surface area contributed by atoms with Crippen molar-refractivity contribution in [1.82, 2.24) is 0 Å². The molecule has 1 aliphatic carbocycles. The lowest BCUT2D eigenvalue weighted by Crippen LogP contribution is -2.16. The summed E-state index contributed by atoms with van der Waals surface area (Å²) in [5.41, 5.74) is 2.05. The number of aryl methyl sites for hydroxylation is 1. The van der Waals surface area contributed by atoms with Gasteiger partial charge in [0.1, 0.15) is 24.0 Å². The number of hydrogen-bond acceptors (Lipinski definition) is 6. The summed E-state index contributed by atoms with van der Waals surface area (Å²) >= 11 is 1.47. The summed E-state index contributed by atoms with van der Waals surface area (Å²) in [6.45, 7) is 1.74. The Morgan fingerprint density at radius 1 is 1.19 bits per heavy atom. The zero-order chi connectivity index (χ0) is 19.2. The van der Waals surface area contributed by atoms with Crippen LogP contribution in [0.4, 0.5) is 5.00 Å². The molecular formula is C20H20N2O4S. The standard InChI is InChI=1S/C20H20N2O4S/c1-13(23)22-19-18(16-4-2-3-5-17(16)27-19)20(24)26-11-10-25-15-8-6-14(12-21)7-9-15/h6-9H,2-5,10-11H2,1H3,(H,22,23). The predicted molar refractivity (Wildman–Crippen MR) is 102 cm³/mol. The number of hydrogen-bond donors (Lipinski definition) is 1. The van der Waals surface area contributed by atoms with Crippen LogP contribution in [0, 0.1) is 11.3 Å². The van der Waals surface area contributed by atoms with Crippen molar-refractivity contribution in [1.29, 1.82) is 5.26 Å². The molecule has 7 heteroatoms. The second kappa shape index (κ2) is 8.69. The number of nitrogens with zero attached hydrogens (tertiary/aromatic N) is 1. The third-order valence-electron chi connectivity index (χ3n) is 4.23. The molecule has 1 aromatic carbocycles. The van der Waals surface area contributed by atoms with Gasteiger partial charge >= 0.3 is 5.97 Å². The SMILES string of the molecule is CC(=O)Nc1sc2c(c1C(=O)OCCOc1ccc(C#N)cc1)CCCC2. The largest absolute Gasteiger partial charge is 0.490 e. The molecule has 1 amide bonds. The van der Waals surface area contributed by atoms with E-state index in [1.165, 1.54) is 18.3 Å². The Balaban J connectivity index is 1.61. The maximum Gasteiger partial charge on any atom is 0.341 e. The Hall–Kier alpha value is -2.85. The highest BCUT2D eigenvalue weighted by molar-refractivity contribution is 7.17. The molecule has 3 rings (SSSR count). The minimum Gasteiger partial charge on any atom is -0.490 e. The molecule has 1 heterocycles. The molecule has 0 saturated carbocycles. The molecule has 1 aliphatic rings. The number of rotatable bonds is 6. The summed E-state index contributed by atoms with van der Waals surface area (Å²) < 4.78 is 10.9. The van der Waals surface area contributed by atoms with E-state index in [1.807, 2.05) is 6.07 Å². The number of benzene rings is 1. The van der Waals surface area contributed by atoms with Crippen LogP contribution >= 0.6 is 11.3 Å². The van der Waals surface area contributed by atoms with Gasteiger partial charge in [0.15, 0.2) is 0 Å². The summed E-state index contributed by atoms with van der Waals surface area (Å²) in [4.78, 5) is 25.2. The fraction of sp³-hybridized carbons (Fsp3) is 0.350. The average molecular weight is 384 g/mol. The Kier molecular flexibility index (Phi) is 6.09. The fourth-order valence-electron chi connectivity index (χ4n) is 3.02. The van der Waals surface area contributed by atoms with Crippen LogP contribution in [0.1, 0.15) is 46.1 Å². The van der Waals surface area contributed by atoms with Crippen LogP contribution < -0.4 is 10.1 Å². The predicted octanol–water partition coefficient (Wildman–Crippen LogP) is 3.69. The monoisotopic (exact) mass is 384 g/mol. The number of carbonyl (C=O) groups excluding carboxylic acids is 2. The molecule has 0 saturated heterocycles. The number of anilines is 1. The first-order valence-electron chi connectivity index (χ1n) is 8.80. The molecular weight excluding hydrogens is 364 g/mol. The normalized spacial score (nSPS) is 12.6. The highest BCUT2D eigenvalue weighted by atomic mass is 32.1. The van der Waals surface area contributed by atoms with Gasteiger partial charge in [-0.1, -0.05) is 0 Å². The van der Waals surface area contributed by atoms with Crippen LogP contribution in [-0.4, -0.2) is 25.1 Å². The maximum absolute atomic E-state index is 12.6. The van der Waals surface area contributed by atoms with Gasteiger partial charge in [0.25, 0.3) is 0 Å². The molecule has 0 bridgehead atoms. The quantitative estimate of drug-likeness (QED) is 0.606. The van der Waals surface area contributed by atoms with E-state index in [4.69, 9.17) is 14.7 Å². The van der Waals surface area contributed by atoms with Gasteiger partial charge in [-0.3, -0.25) is 4.79 Å². The van der Waals surface area contributed by atoms with Crippen molar-refractivity contribution in [2.45, 2.75) is 32.6 Å². The van der Waals surface area contributed by atoms with Crippen molar-refractivity contribution in [3.63, 3.8) is 0 Å². The van der Waals surface area contributed by atoms with Crippen molar-refractivity contribution in [2.24, 2.45) is 0 Å². The second-order valence-corrected chi connectivity index (χ2v) is 7.32. The lowest BCUT2D eigenvalue weighted by atomic mass is 9.95. The topological polar surface area (TPSA) is 88.4 Å². The van der Waals surface area contributed by atoms with Gasteiger partial charge < -0.3 is 14.8 Å². The third-order valence-corrected chi connectivity index (χ3v) is 5.44. The zero-order valence-electron chi connectivity index (χ0n) is 15.0. The molecule has 0 fully saturated rings. The first-order chi connectivity index (χ1) is 13.1. The van der Waals surface area contributed by atoms with Gasteiger partial charge in [0, 0.05) is 11.8 Å². The number of carbonyl (C=O) groups is 2. The number of fused-ring (bicyclic) bond motifs is 1. The number of thiophene rings is 1. The van der Waals surface area contributed by atoms with Gasteiger partial charge in [-0.25, -0.2) is 4.79 Å². The molecule has 0 unspecified atom stereocenters. The summed E-state index contributed by atoms with van der Waals surface area (Å²) in [6.07, 6.45) is 3.89. The van der Waals surface area contributed by atoms with E-state index >= 15 is 0 Å². The lowest BCUT2D eigenvalue weighted by molar-refractivity contribution is -0.114. The second-order valence-electron chi connectivity index (χ2n) is 6.22. The Bertz CT molecular complexity index is 881. The van der Waals surface area contributed by atoms with E-state index in [0.29, 0.717) is 21.9 Å². The summed E-state index contributed by atoms with van der Waals surface area (Å²) in [6, 6.07) is 8.77. The number of nitriles is 1. The smallest absolute Gasteiger partial charge is 0.341 e. The van der Waals surface area contributed by atoms with E-state index < -0.39 is 5.97 Å². The Morgan fingerprint density at radius 2 is 1.93 bits per heavy atom. The van der Waals surface area contributed by atoms with Gasteiger partial charge in [0.05, 0.1) is 17.2 Å².